The number of thiol groups is 1. The lowest BCUT2D eigenvalue weighted by Gasteiger charge is -2.16. The maximum Gasteiger partial charge on any atom is 0.469 e. The van der Waals surface area contributed by atoms with Crippen molar-refractivity contribution in [2.45, 2.75) is 36.5 Å². The van der Waals surface area contributed by atoms with E-state index < -0.39 is 39.0 Å². The molecule has 13 heteroatoms. The van der Waals surface area contributed by atoms with Gasteiger partial charge in [-0.25, -0.2) is 19.5 Å². The molecule has 3 heterocycles. The topological polar surface area (TPSA) is 160 Å². The number of aliphatic hydroxyl groups excluding tert-OH is 2. The molecule has 0 aliphatic carbocycles. The molecule has 4 N–H and O–H groups in total. The quantitative estimate of drug-likeness (QED) is 0.258. The molecule has 0 unspecified atom stereocenters. The Bertz CT molecular complexity index is 811. The van der Waals surface area contributed by atoms with Crippen molar-refractivity contribution in [2.75, 3.05) is 6.61 Å². The van der Waals surface area contributed by atoms with E-state index in [1.54, 1.807) is 6.92 Å². The molecule has 132 valence electrons. The van der Waals surface area contributed by atoms with Crippen LogP contribution in [0.1, 0.15) is 12.1 Å². The van der Waals surface area contributed by atoms with Crippen LogP contribution in [0.2, 0.25) is 0 Å². The minimum absolute atomic E-state index is 0.348. The first-order valence-corrected chi connectivity index (χ1v) is 8.77. The van der Waals surface area contributed by atoms with E-state index >= 15 is 0 Å². The number of aliphatic hydroxyl groups is 2. The maximum atomic E-state index is 10.8. The van der Waals surface area contributed by atoms with Crippen molar-refractivity contribution < 1.29 is 33.8 Å². The Morgan fingerprint density at radius 1 is 1.38 bits per heavy atom. The number of aromatic nitrogens is 4. The second-order valence-electron chi connectivity index (χ2n) is 5.25. The van der Waals surface area contributed by atoms with E-state index in [1.165, 1.54) is 10.9 Å². The molecule has 0 amide bonds. The van der Waals surface area contributed by atoms with Gasteiger partial charge in [0.1, 0.15) is 34.7 Å². The van der Waals surface area contributed by atoms with E-state index in [2.05, 4.69) is 32.1 Å². The van der Waals surface area contributed by atoms with Gasteiger partial charge in [-0.1, -0.05) is 0 Å². The van der Waals surface area contributed by atoms with Crippen molar-refractivity contribution in [3.8, 4) is 0 Å². The number of nitrogens with zero attached hydrogens (tertiary/aromatic N) is 4. The van der Waals surface area contributed by atoms with Crippen molar-refractivity contribution in [2.24, 2.45) is 0 Å². The molecule has 0 bridgehead atoms. The SMILES string of the molecule is Cc1nc(S)c2ncn([C@@H]3O[C@H](COP(=O)(O)O)[C@@H](O)[C@H]3O)c2n1. The third-order valence-electron chi connectivity index (χ3n) is 3.53. The zero-order valence-corrected chi connectivity index (χ0v) is 14.1. The summed E-state index contributed by atoms with van der Waals surface area (Å²) in [5, 5.41) is 20.6. The second-order valence-corrected chi connectivity index (χ2v) is 6.91. The number of ether oxygens (including phenoxy) is 1. The van der Waals surface area contributed by atoms with Crippen LogP contribution in [0.4, 0.5) is 0 Å². The molecule has 0 spiro atoms. The fourth-order valence-electron chi connectivity index (χ4n) is 2.46. The van der Waals surface area contributed by atoms with Crippen LogP contribution in [0.3, 0.4) is 0 Å². The third kappa shape index (κ3) is 3.32. The van der Waals surface area contributed by atoms with Crippen LogP contribution in [0.25, 0.3) is 11.2 Å². The summed E-state index contributed by atoms with van der Waals surface area (Å²) in [7, 11) is -4.72. The summed E-state index contributed by atoms with van der Waals surface area (Å²) in [5.74, 6) is 0.434. The largest absolute Gasteiger partial charge is 0.469 e. The summed E-state index contributed by atoms with van der Waals surface area (Å²) in [6.07, 6.45) is -3.61. The number of imidazole rings is 1. The van der Waals surface area contributed by atoms with E-state index in [4.69, 9.17) is 14.5 Å². The van der Waals surface area contributed by atoms with Gasteiger partial charge in [-0.3, -0.25) is 9.09 Å². The number of aryl methyl sites for hydroxylation is 1. The highest BCUT2D eigenvalue weighted by molar-refractivity contribution is 7.80. The number of phosphoric ester groups is 1. The van der Waals surface area contributed by atoms with Crippen LogP contribution in [0.15, 0.2) is 11.4 Å². The standard InChI is InChI=1S/C11H15N4O7PS/c1-4-13-9-6(10(24)14-4)12-3-15(9)11-8(17)7(16)5(22-11)2-21-23(18,19)20/h3,5,7-8,11,16-17H,2H2,1H3,(H,13,14,24)(H2,18,19,20)/t5-,7-,8-,11-/m1/s1. The lowest BCUT2D eigenvalue weighted by Crippen LogP contribution is -2.33. The van der Waals surface area contributed by atoms with Gasteiger partial charge in [0.2, 0.25) is 0 Å². The molecule has 1 fully saturated rings. The highest BCUT2D eigenvalue weighted by atomic mass is 32.1. The van der Waals surface area contributed by atoms with Crippen molar-refractivity contribution in [1.82, 2.24) is 19.5 Å². The molecule has 4 atom stereocenters. The number of hydrogen-bond acceptors (Lipinski definition) is 9. The summed E-state index contributed by atoms with van der Waals surface area (Å²) in [5.41, 5.74) is 0.740. The van der Waals surface area contributed by atoms with Crippen LogP contribution in [0.5, 0.6) is 0 Å². The number of phosphoric acid groups is 1. The summed E-state index contributed by atoms with van der Waals surface area (Å²) < 4.78 is 22.0. The molecule has 1 saturated heterocycles. The van der Waals surface area contributed by atoms with E-state index in [-0.39, 0.29) is 0 Å². The molecule has 3 rings (SSSR count). The summed E-state index contributed by atoms with van der Waals surface area (Å²) in [6, 6.07) is 0. The zero-order chi connectivity index (χ0) is 17.6. The molecule has 1 aliphatic rings. The van der Waals surface area contributed by atoms with E-state index in [9.17, 15) is 14.8 Å². The van der Waals surface area contributed by atoms with Crippen LogP contribution in [-0.4, -0.2) is 64.4 Å². The van der Waals surface area contributed by atoms with Crippen LogP contribution < -0.4 is 0 Å². The Labute approximate surface area is 140 Å². The van der Waals surface area contributed by atoms with Crippen molar-refractivity contribution in [3.05, 3.63) is 12.2 Å². The predicted molar refractivity (Wildman–Crippen MR) is 81.2 cm³/mol. The molecule has 24 heavy (non-hydrogen) atoms. The lowest BCUT2D eigenvalue weighted by molar-refractivity contribution is -0.0504. The van der Waals surface area contributed by atoms with Gasteiger partial charge < -0.3 is 24.7 Å². The Morgan fingerprint density at radius 3 is 2.75 bits per heavy atom. The van der Waals surface area contributed by atoms with Crippen LogP contribution in [-0.2, 0) is 13.8 Å². The second kappa shape index (κ2) is 6.32. The molecule has 1 aliphatic heterocycles. The molecule has 2 aromatic rings. The van der Waals surface area contributed by atoms with Crippen molar-refractivity contribution in [3.63, 3.8) is 0 Å². The van der Waals surface area contributed by atoms with Crippen LogP contribution in [0, 0.1) is 6.92 Å². The predicted octanol–water partition coefficient (Wildman–Crippen LogP) is -0.848. The van der Waals surface area contributed by atoms with Gasteiger partial charge in [0.05, 0.1) is 12.9 Å². The van der Waals surface area contributed by atoms with E-state index in [0.717, 1.165) is 0 Å². The highest BCUT2D eigenvalue weighted by Gasteiger charge is 2.45. The van der Waals surface area contributed by atoms with Gasteiger partial charge in [-0.2, -0.15) is 0 Å². The lowest BCUT2D eigenvalue weighted by atomic mass is 10.1. The molecule has 0 saturated carbocycles. The first-order valence-electron chi connectivity index (χ1n) is 6.79. The van der Waals surface area contributed by atoms with E-state index in [0.29, 0.717) is 22.0 Å². The summed E-state index contributed by atoms with van der Waals surface area (Å²) >= 11 is 4.21. The molecular formula is C11H15N4O7PS. The van der Waals surface area contributed by atoms with Gasteiger partial charge in [-0.15, -0.1) is 12.6 Å². The first-order chi connectivity index (χ1) is 11.2. The van der Waals surface area contributed by atoms with Crippen molar-refractivity contribution in [1.29, 1.82) is 0 Å². The highest BCUT2D eigenvalue weighted by Crippen LogP contribution is 2.38. The maximum absolute atomic E-state index is 10.8. The van der Waals surface area contributed by atoms with Gasteiger partial charge in [0, 0.05) is 0 Å². The van der Waals surface area contributed by atoms with Gasteiger partial charge in [0.25, 0.3) is 0 Å². The summed E-state index contributed by atoms with van der Waals surface area (Å²) in [4.78, 5) is 29.9. The number of hydrogen-bond donors (Lipinski definition) is 5. The van der Waals surface area contributed by atoms with Crippen molar-refractivity contribution >= 4 is 31.6 Å². The molecule has 2 aromatic heterocycles. The first kappa shape index (κ1) is 17.7. The normalized spacial score (nSPS) is 27.9. The average Bonchev–Trinajstić information content (AvgIpc) is 3.00. The zero-order valence-electron chi connectivity index (χ0n) is 12.3. The van der Waals surface area contributed by atoms with Gasteiger partial charge in [0.15, 0.2) is 11.9 Å². The average molecular weight is 378 g/mol. The minimum atomic E-state index is -4.72. The molecular weight excluding hydrogens is 363 g/mol. The third-order valence-corrected chi connectivity index (χ3v) is 4.33. The van der Waals surface area contributed by atoms with Crippen LogP contribution >= 0.6 is 20.5 Å². The van der Waals surface area contributed by atoms with Gasteiger partial charge in [-0.05, 0) is 6.92 Å². The Kier molecular flexibility index (Phi) is 4.66. The summed E-state index contributed by atoms with van der Waals surface area (Å²) in [6.45, 7) is 1.07. The smallest absolute Gasteiger partial charge is 0.387 e. The molecule has 11 nitrogen and oxygen atoms in total. The molecule has 0 aromatic carbocycles. The van der Waals surface area contributed by atoms with E-state index in [1.807, 2.05) is 0 Å². The fourth-order valence-corrected chi connectivity index (χ4v) is 3.10. The van der Waals surface area contributed by atoms with Gasteiger partial charge >= 0.3 is 7.82 Å². The Balaban J connectivity index is 1.89. The molecule has 0 radical (unpaired) electrons. The minimum Gasteiger partial charge on any atom is -0.387 e. The Morgan fingerprint density at radius 2 is 2.08 bits per heavy atom. The monoisotopic (exact) mass is 378 g/mol. The fraction of sp³-hybridized carbons (Fsp3) is 0.545. The Hall–Kier alpha value is -1.11. The number of rotatable bonds is 4. The number of fused-ring (bicyclic) bond motifs is 1.